The molecule has 0 radical (unpaired) electrons. The Morgan fingerprint density at radius 2 is 1.91 bits per heavy atom. The Kier molecular flexibility index (Phi) is 5.02. The molecule has 0 heterocycles. The van der Waals surface area contributed by atoms with E-state index in [0.717, 1.165) is 12.8 Å². The van der Waals surface area contributed by atoms with E-state index in [4.69, 9.17) is 0 Å². The van der Waals surface area contributed by atoms with Crippen molar-refractivity contribution < 1.29 is 27.5 Å². The number of para-hydroxylation sites is 1. The fourth-order valence-electron chi connectivity index (χ4n) is 1.73. The number of nitrogens with one attached hydrogen (secondary N) is 2. The van der Waals surface area contributed by atoms with Gasteiger partial charge in [0.2, 0.25) is 5.91 Å². The first-order valence-electron chi connectivity index (χ1n) is 6.69. The van der Waals surface area contributed by atoms with Crippen LogP contribution in [-0.2, 0) is 9.53 Å². The maximum Gasteiger partial charge on any atom is 0.411 e. The SMILES string of the molecule is O=C(COCC(F)(F)F)Nc1ccccc1C(=O)NC1CC1. The summed E-state index contributed by atoms with van der Waals surface area (Å²) in [5.74, 6) is -1.08. The molecule has 120 valence electrons. The molecule has 1 aliphatic rings. The van der Waals surface area contributed by atoms with Crippen LogP contribution in [0.3, 0.4) is 0 Å². The van der Waals surface area contributed by atoms with Crippen molar-refractivity contribution in [2.24, 2.45) is 0 Å². The van der Waals surface area contributed by atoms with Gasteiger partial charge in [-0.25, -0.2) is 0 Å². The van der Waals surface area contributed by atoms with E-state index in [1.807, 2.05) is 0 Å². The van der Waals surface area contributed by atoms with Crippen LogP contribution in [0.2, 0.25) is 0 Å². The zero-order chi connectivity index (χ0) is 16.2. The van der Waals surface area contributed by atoms with Gasteiger partial charge in [-0.1, -0.05) is 12.1 Å². The van der Waals surface area contributed by atoms with E-state index in [2.05, 4.69) is 15.4 Å². The Balaban J connectivity index is 1.91. The lowest BCUT2D eigenvalue weighted by atomic mass is 10.1. The summed E-state index contributed by atoms with van der Waals surface area (Å²) < 4.78 is 40.0. The number of carbonyl (C=O) groups is 2. The summed E-state index contributed by atoms with van der Waals surface area (Å²) in [6, 6.07) is 6.44. The van der Waals surface area contributed by atoms with Crippen LogP contribution in [0.15, 0.2) is 24.3 Å². The average Bonchev–Trinajstić information content (AvgIpc) is 3.21. The summed E-state index contributed by atoms with van der Waals surface area (Å²) in [5, 5.41) is 5.16. The van der Waals surface area contributed by atoms with Gasteiger partial charge >= 0.3 is 6.18 Å². The molecule has 1 saturated carbocycles. The van der Waals surface area contributed by atoms with Crippen LogP contribution in [0.5, 0.6) is 0 Å². The van der Waals surface area contributed by atoms with Crippen LogP contribution < -0.4 is 10.6 Å². The van der Waals surface area contributed by atoms with E-state index >= 15 is 0 Å². The minimum Gasteiger partial charge on any atom is -0.362 e. The summed E-state index contributed by atoms with van der Waals surface area (Å²) in [5.41, 5.74) is 0.500. The summed E-state index contributed by atoms with van der Waals surface area (Å²) in [4.78, 5) is 23.6. The first-order valence-corrected chi connectivity index (χ1v) is 6.69. The molecular weight excluding hydrogens is 301 g/mol. The molecule has 8 heteroatoms. The molecule has 0 bridgehead atoms. The van der Waals surface area contributed by atoms with E-state index in [0.29, 0.717) is 0 Å². The molecule has 2 N–H and O–H groups in total. The minimum atomic E-state index is -4.48. The molecule has 1 aromatic carbocycles. The molecule has 0 unspecified atom stereocenters. The highest BCUT2D eigenvalue weighted by atomic mass is 19.4. The second-order valence-electron chi connectivity index (χ2n) is 4.95. The largest absolute Gasteiger partial charge is 0.411 e. The third kappa shape index (κ3) is 5.36. The highest BCUT2D eigenvalue weighted by Gasteiger charge is 2.28. The van der Waals surface area contributed by atoms with Crippen molar-refractivity contribution >= 4 is 17.5 Å². The first kappa shape index (κ1) is 16.3. The number of ether oxygens (including phenoxy) is 1. The van der Waals surface area contributed by atoms with Crippen molar-refractivity contribution in [3.05, 3.63) is 29.8 Å². The maximum absolute atomic E-state index is 12.0. The first-order chi connectivity index (χ1) is 10.3. The molecule has 0 atom stereocenters. The van der Waals surface area contributed by atoms with E-state index in [9.17, 15) is 22.8 Å². The molecular formula is C14H15F3N2O3. The Hall–Kier alpha value is -2.09. The van der Waals surface area contributed by atoms with Crippen LogP contribution in [0.25, 0.3) is 0 Å². The number of alkyl halides is 3. The van der Waals surface area contributed by atoms with Crippen molar-refractivity contribution in [3.63, 3.8) is 0 Å². The number of halogens is 3. The predicted octanol–water partition coefficient (Wildman–Crippen LogP) is 2.10. The summed E-state index contributed by atoms with van der Waals surface area (Å²) in [6.07, 6.45) is -2.64. The van der Waals surface area contributed by atoms with E-state index < -0.39 is 25.3 Å². The van der Waals surface area contributed by atoms with E-state index in [1.54, 1.807) is 12.1 Å². The maximum atomic E-state index is 12.0. The van der Waals surface area contributed by atoms with Gasteiger partial charge in [0, 0.05) is 6.04 Å². The fourth-order valence-corrected chi connectivity index (χ4v) is 1.73. The molecule has 2 amide bonds. The third-order valence-corrected chi connectivity index (χ3v) is 2.86. The number of hydrogen-bond donors (Lipinski definition) is 2. The van der Waals surface area contributed by atoms with Crippen LogP contribution in [-0.4, -0.2) is 37.2 Å². The molecule has 2 rings (SSSR count). The van der Waals surface area contributed by atoms with Gasteiger partial charge in [-0.3, -0.25) is 9.59 Å². The topological polar surface area (TPSA) is 67.4 Å². The number of carbonyl (C=O) groups excluding carboxylic acids is 2. The van der Waals surface area contributed by atoms with Crippen molar-refractivity contribution in [2.45, 2.75) is 25.1 Å². The normalized spacial score (nSPS) is 14.5. The van der Waals surface area contributed by atoms with Gasteiger partial charge in [0.25, 0.3) is 5.91 Å². The Morgan fingerprint density at radius 3 is 2.55 bits per heavy atom. The number of hydrogen-bond acceptors (Lipinski definition) is 3. The molecule has 5 nitrogen and oxygen atoms in total. The summed E-state index contributed by atoms with van der Waals surface area (Å²) in [6.45, 7) is -2.23. The Morgan fingerprint density at radius 1 is 1.23 bits per heavy atom. The van der Waals surface area contributed by atoms with Gasteiger partial charge < -0.3 is 15.4 Å². The van der Waals surface area contributed by atoms with Gasteiger partial charge in [0.05, 0.1) is 11.3 Å². The second kappa shape index (κ2) is 6.78. The molecule has 0 aromatic heterocycles. The van der Waals surface area contributed by atoms with Gasteiger partial charge in [-0.15, -0.1) is 0 Å². The Labute approximate surface area is 124 Å². The monoisotopic (exact) mass is 316 g/mol. The van der Waals surface area contributed by atoms with Gasteiger partial charge in [0.1, 0.15) is 13.2 Å². The van der Waals surface area contributed by atoms with Gasteiger partial charge in [-0.05, 0) is 25.0 Å². The lowest BCUT2D eigenvalue weighted by Crippen LogP contribution is -2.28. The highest BCUT2D eigenvalue weighted by molar-refractivity contribution is 6.04. The van der Waals surface area contributed by atoms with Crippen LogP contribution >= 0.6 is 0 Å². The lowest BCUT2D eigenvalue weighted by molar-refractivity contribution is -0.174. The standard InChI is InChI=1S/C14H15F3N2O3/c15-14(16,17)8-22-7-12(20)19-11-4-2-1-3-10(11)13(21)18-9-5-6-9/h1-4,9H,5-8H2,(H,18,21)(H,19,20). The van der Waals surface area contributed by atoms with Crippen molar-refractivity contribution in [3.8, 4) is 0 Å². The molecule has 0 aliphatic heterocycles. The van der Waals surface area contributed by atoms with E-state index in [-0.39, 0.29) is 23.2 Å². The number of benzene rings is 1. The Bertz CT molecular complexity index is 557. The van der Waals surface area contributed by atoms with Crippen LogP contribution in [0.4, 0.5) is 18.9 Å². The third-order valence-electron chi connectivity index (χ3n) is 2.86. The molecule has 22 heavy (non-hydrogen) atoms. The lowest BCUT2D eigenvalue weighted by Gasteiger charge is -2.12. The van der Waals surface area contributed by atoms with E-state index in [1.165, 1.54) is 12.1 Å². The predicted molar refractivity (Wildman–Crippen MR) is 72.4 cm³/mol. The van der Waals surface area contributed by atoms with Crippen molar-refractivity contribution in [1.82, 2.24) is 5.32 Å². The number of anilines is 1. The van der Waals surface area contributed by atoms with Crippen molar-refractivity contribution in [1.29, 1.82) is 0 Å². The second-order valence-corrected chi connectivity index (χ2v) is 4.95. The molecule has 0 saturated heterocycles. The summed E-state index contributed by atoms with van der Waals surface area (Å²) >= 11 is 0. The zero-order valence-electron chi connectivity index (χ0n) is 11.6. The minimum absolute atomic E-state index is 0.159. The molecule has 0 spiro atoms. The smallest absolute Gasteiger partial charge is 0.362 e. The van der Waals surface area contributed by atoms with Gasteiger partial charge in [-0.2, -0.15) is 13.2 Å². The quantitative estimate of drug-likeness (QED) is 0.844. The highest BCUT2D eigenvalue weighted by Crippen LogP contribution is 2.21. The van der Waals surface area contributed by atoms with Crippen molar-refractivity contribution in [2.75, 3.05) is 18.5 Å². The number of rotatable bonds is 6. The summed E-state index contributed by atoms with van der Waals surface area (Å²) in [7, 11) is 0. The molecule has 1 aromatic rings. The van der Waals surface area contributed by atoms with Crippen LogP contribution in [0, 0.1) is 0 Å². The average molecular weight is 316 g/mol. The number of amides is 2. The molecule has 1 fully saturated rings. The molecule has 1 aliphatic carbocycles. The van der Waals surface area contributed by atoms with Gasteiger partial charge in [0.15, 0.2) is 0 Å². The zero-order valence-corrected chi connectivity index (χ0v) is 11.6. The van der Waals surface area contributed by atoms with Crippen LogP contribution in [0.1, 0.15) is 23.2 Å². The fraction of sp³-hybridized carbons (Fsp3) is 0.429.